The summed E-state index contributed by atoms with van der Waals surface area (Å²) in [4.78, 5) is 7.99. The fraction of sp³-hybridized carbons (Fsp3) is 0.368. The molecular formula is C19H21F3N4S. The summed E-state index contributed by atoms with van der Waals surface area (Å²) in [5.41, 5.74) is 2.64. The van der Waals surface area contributed by atoms with Gasteiger partial charge in [0, 0.05) is 38.1 Å². The van der Waals surface area contributed by atoms with Crippen molar-refractivity contribution in [2.45, 2.75) is 20.0 Å². The molecule has 2 aromatic rings. The van der Waals surface area contributed by atoms with E-state index in [1.807, 2.05) is 11.0 Å². The number of benzene rings is 1. The van der Waals surface area contributed by atoms with Gasteiger partial charge in [-0.3, -0.25) is 0 Å². The number of aromatic nitrogens is 1. The minimum atomic E-state index is -4.36. The van der Waals surface area contributed by atoms with E-state index in [-0.39, 0.29) is 0 Å². The molecule has 0 amide bonds. The van der Waals surface area contributed by atoms with Crippen LogP contribution in [0.4, 0.5) is 24.7 Å². The summed E-state index contributed by atoms with van der Waals surface area (Å²) >= 11 is 5.50. The van der Waals surface area contributed by atoms with Gasteiger partial charge < -0.3 is 15.1 Å². The summed E-state index contributed by atoms with van der Waals surface area (Å²) in [5, 5.41) is 3.91. The maximum atomic E-state index is 12.6. The van der Waals surface area contributed by atoms with E-state index in [1.54, 1.807) is 0 Å². The van der Waals surface area contributed by atoms with Gasteiger partial charge in [0.1, 0.15) is 5.82 Å². The number of halogens is 3. The molecule has 1 aliphatic rings. The van der Waals surface area contributed by atoms with Crippen LogP contribution in [-0.2, 0) is 6.18 Å². The zero-order chi connectivity index (χ0) is 19.6. The first-order valence-corrected chi connectivity index (χ1v) is 9.06. The molecule has 1 aromatic heterocycles. The summed E-state index contributed by atoms with van der Waals surface area (Å²) < 4.78 is 37.9. The predicted molar refractivity (Wildman–Crippen MR) is 105 cm³/mol. The number of nitrogens with zero attached hydrogens (tertiary/aromatic N) is 3. The number of piperazine rings is 1. The van der Waals surface area contributed by atoms with Gasteiger partial charge in [0.25, 0.3) is 0 Å². The SMILES string of the molecule is Cc1ccc(NC(=S)N2CCN(c3ccc(C(F)(F)F)cn3)CC2)cc1C. The molecule has 1 aromatic carbocycles. The molecule has 3 rings (SSSR count). The second-order valence-corrected chi connectivity index (χ2v) is 6.99. The third-order valence-electron chi connectivity index (χ3n) is 4.72. The second-order valence-electron chi connectivity index (χ2n) is 6.61. The van der Waals surface area contributed by atoms with Crippen molar-refractivity contribution in [3.63, 3.8) is 0 Å². The zero-order valence-corrected chi connectivity index (χ0v) is 16.0. The van der Waals surface area contributed by atoms with E-state index in [0.29, 0.717) is 37.1 Å². The highest BCUT2D eigenvalue weighted by atomic mass is 32.1. The molecule has 27 heavy (non-hydrogen) atoms. The Morgan fingerprint density at radius 1 is 1.04 bits per heavy atom. The van der Waals surface area contributed by atoms with Crippen molar-refractivity contribution in [1.29, 1.82) is 0 Å². The first kappa shape index (κ1) is 19.4. The summed E-state index contributed by atoms with van der Waals surface area (Å²) in [6, 6.07) is 8.60. The Morgan fingerprint density at radius 3 is 2.30 bits per heavy atom. The monoisotopic (exact) mass is 394 g/mol. The van der Waals surface area contributed by atoms with Crippen LogP contribution in [0.5, 0.6) is 0 Å². The predicted octanol–water partition coefficient (Wildman–Crippen LogP) is 4.24. The van der Waals surface area contributed by atoms with Gasteiger partial charge in [0.05, 0.1) is 5.56 Å². The molecule has 144 valence electrons. The van der Waals surface area contributed by atoms with E-state index >= 15 is 0 Å². The lowest BCUT2D eigenvalue weighted by atomic mass is 10.1. The number of hydrogen-bond donors (Lipinski definition) is 1. The molecule has 4 nitrogen and oxygen atoms in total. The number of anilines is 2. The van der Waals surface area contributed by atoms with Crippen LogP contribution >= 0.6 is 12.2 Å². The lowest BCUT2D eigenvalue weighted by Crippen LogP contribution is -2.50. The normalized spacial score (nSPS) is 15.0. The van der Waals surface area contributed by atoms with Crippen LogP contribution in [0.15, 0.2) is 36.5 Å². The van der Waals surface area contributed by atoms with Crippen molar-refractivity contribution in [3.05, 3.63) is 53.2 Å². The van der Waals surface area contributed by atoms with Gasteiger partial charge in [-0.1, -0.05) is 6.07 Å². The minimum Gasteiger partial charge on any atom is -0.353 e. The van der Waals surface area contributed by atoms with Gasteiger partial charge in [-0.25, -0.2) is 4.98 Å². The van der Waals surface area contributed by atoms with Crippen LogP contribution in [0.2, 0.25) is 0 Å². The van der Waals surface area contributed by atoms with Crippen molar-refractivity contribution in [2.75, 3.05) is 36.4 Å². The first-order chi connectivity index (χ1) is 12.7. The Kier molecular flexibility index (Phi) is 5.55. The molecule has 1 N–H and O–H groups in total. The molecule has 1 saturated heterocycles. The van der Waals surface area contributed by atoms with E-state index in [9.17, 15) is 13.2 Å². The number of nitrogens with one attached hydrogen (secondary N) is 1. The van der Waals surface area contributed by atoms with E-state index in [2.05, 4.69) is 41.2 Å². The Labute approximate surface area is 162 Å². The summed E-state index contributed by atoms with van der Waals surface area (Å²) in [7, 11) is 0. The average Bonchev–Trinajstić information content (AvgIpc) is 2.64. The largest absolute Gasteiger partial charge is 0.417 e. The van der Waals surface area contributed by atoms with Gasteiger partial charge in [0.2, 0.25) is 0 Å². The highest BCUT2D eigenvalue weighted by Gasteiger charge is 2.31. The number of alkyl halides is 3. The lowest BCUT2D eigenvalue weighted by Gasteiger charge is -2.36. The van der Waals surface area contributed by atoms with Gasteiger partial charge in [-0.15, -0.1) is 0 Å². The van der Waals surface area contributed by atoms with Gasteiger partial charge >= 0.3 is 6.18 Å². The Balaban J connectivity index is 1.56. The molecule has 0 atom stereocenters. The van der Waals surface area contributed by atoms with Crippen LogP contribution in [-0.4, -0.2) is 41.2 Å². The maximum absolute atomic E-state index is 12.6. The molecule has 1 fully saturated rings. The summed E-state index contributed by atoms with van der Waals surface area (Å²) in [5.74, 6) is 0.552. The van der Waals surface area contributed by atoms with Crippen LogP contribution in [0.25, 0.3) is 0 Å². The molecule has 8 heteroatoms. The van der Waals surface area contributed by atoms with E-state index < -0.39 is 11.7 Å². The van der Waals surface area contributed by atoms with Gasteiger partial charge in [0.15, 0.2) is 5.11 Å². The maximum Gasteiger partial charge on any atom is 0.417 e. The summed E-state index contributed by atoms with van der Waals surface area (Å²) in [6.45, 7) is 6.77. The van der Waals surface area contributed by atoms with Gasteiger partial charge in [-0.2, -0.15) is 13.2 Å². The second kappa shape index (κ2) is 7.72. The standard InChI is InChI=1S/C19H21F3N4S/c1-13-3-5-16(11-14(13)2)24-18(27)26-9-7-25(8-10-26)17-6-4-15(12-23-17)19(20,21)22/h3-6,11-12H,7-10H2,1-2H3,(H,24,27). The van der Waals surface area contributed by atoms with E-state index in [0.717, 1.165) is 18.0 Å². The first-order valence-electron chi connectivity index (χ1n) is 8.65. The van der Waals surface area contributed by atoms with E-state index in [4.69, 9.17) is 12.2 Å². The third-order valence-corrected chi connectivity index (χ3v) is 5.08. The fourth-order valence-electron chi connectivity index (χ4n) is 2.90. The van der Waals surface area contributed by atoms with Crippen LogP contribution < -0.4 is 10.2 Å². The van der Waals surface area contributed by atoms with Crippen molar-refractivity contribution >= 4 is 28.8 Å². The molecular weight excluding hydrogens is 373 g/mol. The Bertz CT molecular complexity index is 813. The van der Waals surface area contributed by atoms with Crippen LogP contribution in [0.1, 0.15) is 16.7 Å². The average molecular weight is 394 g/mol. The molecule has 0 saturated carbocycles. The molecule has 2 heterocycles. The molecule has 0 spiro atoms. The number of rotatable bonds is 2. The van der Waals surface area contributed by atoms with Crippen LogP contribution in [0.3, 0.4) is 0 Å². The van der Waals surface area contributed by atoms with Crippen molar-refractivity contribution in [2.24, 2.45) is 0 Å². The number of thiocarbonyl (C=S) groups is 1. The molecule has 0 unspecified atom stereocenters. The molecule has 1 aliphatic heterocycles. The lowest BCUT2D eigenvalue weighted by molar-refractivity contribution is -0.137. The van der Waals surface area contributed by atoms with E-state index in [1.165, 1.54) is 17.2 Å². The van der Waals surface area contributed by atoms with Gasteiger partial charge in [-0.05, 0) is 61.5 Å². The quantitative estimate of drug-likeness (QED) is 0.771. The highest BCUT2D eigenvalue weighted by Crippen LogP contribution is 2.29. The van der Waals surface area contributed by atoms with Crippen molar-refractivity contribution in [1.82, 2.24) is 9.88 Å². The summed E-state index contributed by atoms with van der Waals surface area (Å²) in [6.07, 6.45) is -3.48. The van der Waals surface area contributed by atoms with Crippen molar-refractivity contribution in [3.8, 4) is 0 Å². The third kappa shape index (κ3) is 4.68. The number of hydrogen-bond acceptors (Lipinski definition) is 3. The molecule has 0 radical (unpaired) electrons. The minimum absolute atomic E-state index is 0.552. The Morgan fingerprint density at radius 2 is 1.74 bits per heavy atom. The Hall–Kier alpha value is -2.35. The zero-order valence-electron chi connectivity index (χ0n) is 15.2. The number of pyridine rings is 1. The van der Waals surface area contributed by atoms with Crippen LogP contribution in [0, 0.1) is 13.8 Å². The fourth-order valence-corrected chi connectivity index (χ4v) is 3.20. The highest BCUT2D eigenvalue weighted by molar-refractivity contribution is 7.80. The van der Waals surface area contributed by atoms with Crippen molar-refractivity contribution < 1.29 is 13.2 Å². The smallest absolute Gasteiger partial charge is 0.353 e. The molecule has 0 bridgehead atoms. The number of aryl methyl sites for hydroxylation is 2. The molecule has 0 aliphatic carbocycles. The topological polar surface area (TPSA) is 31.4 Å².